The molecule has 3 rings (SSSR count). The number of imidazole rings is 1. The predicted molar refractivity (Wildman–Crippen MR) is 72.8 cm³/mol. The maximum atomic E-state index is 10.0. The highest BCUT2D eigenvalue weighted by atomic mass is 35.5. The minimum absolute atomic E-state index is 0.0795. The summed E-state index contributed by atoms with van der Waals surface area (Å²) in [5.74, 6) is 0. The second-order valence-corrected chi connectivity index (χ2v) is 5.49. The molecule has 1 saturated heterocycles. The van der Waals surface area contributed by atoms with Crippen LogP contribution in [0.3, 0.4) is 0 Å². The van der Waals surface area contributed by atoms with Gasteiger partial charge < -0.3 is 24.6 Å². The zero-order valence-corrected chi connectivity index (χ0v) is 11.7. The summed E-state index contributed by atoms with van der Waals surface area (Å²) >= 11 is 11.9. The van der Waals surface area contributed by atoms with Crippen LogP contribution in [0.4, 0.5) is 0 Å². The molecule has 0 spiro atoms. The molecule has 0 bridgehead atoms. The van der Waals surface area contributed by atoms with Crippen molar-refractivity contribution in [2.45, 2.75) is 24.5 Å². The van der Waals surface area contributed by atoms with Gasteiger partial charge in [0.15, 0.2) is 6.23 Å². The van der Waals surface area contributed by atoms with Crippen molar-refractivity contribution in [2.75, 3.05) is 6.61 Å². The second-order valence-electron chi connectivity index (χ2n) is 4.68. The van der Waals surface area contributed by atoms with Crippen LogP contribution in [0.1, 0.15) is 6.23 Å². The summed E-state index contributed by atoms with van der Waals surface area (Å²) in [6.07, 6.45) is -3.06. The Morgan fingerprint density at radius 3 is 2.60 bits per heavy atom. The smallest absolute Gasteiger partial charge is 0.164 e. The highest BCUT2D eigenvalue weighted by molar-refractivity contribution is 6.42. The average molecular weight is 319 g/mol. The monoisotopic (exact) mass is 318 g/mol. The van der Waals surface area contributed by atoms with Crippen LogP contribution in [0.25, 0.3) is 11.0 Å². The Morgan fingerprint density at radius 1 is 1.15 bits per heavy atom. The molecule has 6 nitrogen and oxygen atoms in total. The number of aromatic nitrogens is 2. The Balaban J connectivity index is 2.04. The largest absolute Gasteiger partial charge is 0.388 e. The van der Waals surface area contributed by atoms with Crippen molar-refractivity contribution in [1.82, 2.24) is 9.55 Å². The Kier molecular flexibility index (Phi) is 3.62. The minimum atomic E-state index is -1.28. The number of hydrogen-bond acceptors (Lipinski definition) is 5. The van der Waals surface area contributed by atoms with E-state index in [1.807, 2.05) is 0 Å². The summed E-state index contributed by atoms with van der Waals surface area (Å²) in [5, 5.41) is 29.9. The molecule has 2 aromatic rings. The molecule has 0 radical (unpaired) electrons. The maximum Gasteiger partial charge on any atom is 0.164 e. The summed E-state index contributed by atoms with van der Waals surface area (Å²) in [6.45, 7) is -0.0795. The van der Waals surface area contributed by atoms with Crippen molar-refractivity contribution in [1.29, 1.82) is 0 Å². The van der Waals surface area contributed by atoms with Crippen molar-refractivity contribution < 1.29 is 20.1 Å². The molecule has 1 aliphatic rings. The molecular formula is C12H12Cl2N2O4. The van der Waals surface area contributed by atoms with Gasteiger partial charge in [-0.1, -0.05) is 23.2 Å². The van der Waals surface area contributed by atoms with Crippen molar-refractivity contribution in [3.8, 4) is 0 Å². The van der Waals surface area contributed by atoms with Crippen LogP contribution in [-0.2, 0) is 4.74 Å². The van der Waals surface area contributed by atoms with E-state index in [9.17, 15) is 15.3 Å². The zero-order chi connectivity index (χ0) is 14.4. The van der Waals surface area contributed by atoms with Gasteiger partial charge >= 0.3 is 0 Å². The van der Waals surface area contributed by atoms with Gasteiger partial charge in [-0.3, -0.25) is 0 Å². The van der Waals surface area contributed by atoms with Gasteiger partial charge in [0.25, 0.3) is 0 Å². The van der Waals surface area contributed by atoms with E-state index in [4.69, 9.17) is 27.9 Å². The molecule has 3 N–H and O–H groups in total. The van der Waals surface area contributed by atoms with Gasteiger partial charge in [-0.2, -0.15) is 0 Å². The lowest BCUT2D eigenvalue weighted by Gasteiger charge is -2.35. The van der Waals surface area contributed by atoms with Gasteiger partial charge in [0.1, 0.15) is 18.3 Å². The van der Waals surface area contributed by atoms with Crippen LogP contribution >= 0.6 is 23.2 Å². The maximum absolute atomic E-state index is 10.0. The van der Waals surface area contributed by atoms with E-state index in [-0.39, 0.29) is 6.61 Å². The fourth-order valence-electron chi connectivity index (χ4n) is 2.26. The SMILES string of the molecule is O[C@@H]1[C@H](O)[C@H](O)CO[C@H]1n1cnc2cc(Cl)c(Cl)cc21. The van der Waals surface area contributed by atoms with Crippen LogP contribution in [0.15, 0.2) is 18.5 Å². The lowest BCUT2D eigenvalue weighted by atomic mass is 10.0. The van der Waals surface area contributed by atoms with Gasteiger partial charge in [-0.15, -0.1) is 0 Å². The number of aliphatic hydroxyl groups excluding tert-OH is 3. The molecule has 1 fully saturated rings. The zero-order valence-electron chi connectivity index (χ0n) is 10.1. The number of hydrogen-bond donors (Lipinski definition) is 3. The lowest BCUT2D eigenvalue weighted by Crippen LogP contribution is -2.50. The number of fused-ring (bicyclic) bond motifs is 1. The number of aliphatic hydroxyl groups is 3. The molecule has 2 heterocycles. The van der Waals surface area contributed by atoms with E-state index >= 15 is 0 Å². The van der Waals surface area contributed by atoms with Crippen LogP contribution in [0, 0.1) is 0 Å². The van der Waals surface area contributed by atoms with Crippen molar-refractivity contribution in [3.63, 3.8) is 0 Å². The highest BCUT2D eigenvalue weighted by Gasteiger charge is 2.39. The summed E-state index contributed by atoms with van der Waals surface area (Å²) in [7, 11) is 0. The fourth-order valence-corrected chi connectivity index (χ4v) is 2.58. The standard InChI is InChI=1S/C12H12Cl2N2O4/c13-5-1-7-8(2-6(5)14)16(4-15-7)12-11(19)10(18)9(17)3-20-12/h1-2,4,9-12,17-19H,3H2/t9-,10-,11-,12-/m1/s1. The summed E-state index contributed by atoms with van der Waals surface area (Å²) < 4.78 is 6.94. The van der Waals surface area contributed by atoms with Crippen LogP contribution in [0.2, 0.25) is 10.0 Å². The Labute approximate surface area is 124 Å². The van der Waals surface area contributed by atoms with E-state index < -0.39 is 24.5 Å². The fraction of sp³-hybridized carbons (Fsp3) is 0.417. The van der Waals surface area contributed by atoms with Crippen LogP contribution in [0.5, 0.6) is 0 Å². The molecule has 0 aliphatic carbocycles. The molecule has 20 heavy (non-hydrogen) atoms. The van der Waals surface area contributed by atoms with Gasteiger partial charge in [-0.25, -0.2) is 4.98 Å². The van der Waals surface area contributed by atoms with Gasteiger partial charge in [0.2, 0.25) is 0 Å². The lowest BCUT2D eigenvalue weighted by molar-refractivity contribution is -0.209. The number of nitrogens with zero attached hydrogens (tertiary/aromatic N) is 2. The van der Waals surface area contributed by atoms with Crippen molar-refractivity contribution in [2.24, 2.45) is 0 Å². The number of rotatable bonds is 1. The van der Waals surface area contributed by atoms with Gasteiger partial charge in [0, 0.05) is 0 Å². The molecular weight excluding hydrogens is 307 g/mol. The molecule has 0 saturated carbocycles. The van der Waals surface area contributed by atoms with Crippen LogP contribution < -0.4 is 0 Å². The van der Waals surface area contributed by atoms with Gasteiger partial charge in [0.05, 0.1) is 34.0 Å². The Morgan fingerprint density at radius 2 is 1.85 bits per heavy atom. The molecule has 0 unspecified atom stereocenters. The van der Waals surface area contributed by atoms with Crippen molar-refractivity contribution >= 4 is 34.2 Å². The van der Waals surface area contributed by atoms with E-state index in [1.165, 1.54) is 6.33 Å². The van der Waals surface area contributed by atoms with Crippen molar-refractivity contribution in [3.05, 3.63) is 28.5 Å². The number of halogens is 2. The summed E-state index contributed by atoms with van der Waals surface area (Å²) in [4.78, 5) is 4.16. The van der Waals surface area contributed by atoms with E-state index in [0.717, 1.165) is 0 Å². The summed E-state index contributed by atoms with van der Waals surface area (Å²) in [6, 6.07) is 3.22. The normalized spacial score (nSPS) is 30.9. The predicted octanol–water partition coefficient (Wildman–Crippen LogP) is 0.955. The minimum Gasteiger partial charge on any atom is -0.388 e. The molecule has 1 aromatic heterocycles. The molecule has 1 aliphatic heterocycles. The summed E-state index contributed by atoms with van der Waals surface area (Å²) in [5.41, 5.74) is 1.21. The number of ether oxygens (including phenoxy) is 1. The third-order valence-corrected chi connectivity index (χ3v) is 4.09. The second kappa shape index (κ2) is 5.14. The third kappa shape index (κ3) is 2.18. The molecule has 0 amide bonds. The number of benzene rings is 1. The van der Waals surface area contributed by atoms with E-state index in [2.05, 4.69) is 4.98 Å². The third-order valence-electron chi connectivity index (χ3n) is 3.37. The van der Waals surface area contributed by atoms with Crippen LogP contribution in [-0.4, -0.2) is 49.8 Å². The van der Waals surface area contributed by atoms with E-state index in [0.29, 0.717) is 21.1 Å². The first-order valence-electron chi connectivity index (χ1n) is 5.96. The highest BCUT2D eigenvalue weighted by Crippen LogP contribution is 2.31. The van der Waals surface area contributed by atoms with E-state index in [1.54, 1.807) is 16.7 Å². The van der Waals surface area contributed by atoms with Gasteiger partial charge in [-0.05, 0) is 12.1 Å². The average Bonchev–Trinajstić information content (AvgIpc) is 2.80. The first kappa shape index (κ1) is 14.1. The quantitative estimate of drug-likeness (QED) is 0.728. The molecule has 108 valence electrons. The molecule has 1 aromatic carbocycles. The topological polar surface area (TPSA) is 87.7 Å². The first-order chi connectivity index (χ1) is 9.49. The Hall–Kier alpha value is -0.890. The first-order valence-corrected chi connectivity index (χ1v) is 6.72. The Bertz CT molecular complexity index is 648. The molecule has 4 atom stereocenters. The molecule has 8 heteroatoms.